The van der Waals surface area contributed by atoms with E-state index in [2.05, 4.69) is 15.5 Å². The zero-order valence-corrected chi connectivity index (χ0v) is 17.1. The molecule has 0 unspecified atom stereocenters. The van der Waals surface area contributed by atoms with Crippen molar-refractivity contribution in [3.63, 3.8) is 0 Å². The Kier molecular flexibility index (Phi) is 6.08. The molecule has 158 valence electrons. The molecule has 4 rings (SSSR count). The first-order chi connectivity index (χ1) is 14.7. The fourth-order valence-corrected chi connectivity index (χ4v) is 3.72. The van der Waals surface area contributed by atoms with E-state index in [1.165, 1.54) is 0 Å². The van der Waals surface area contributed by atoms with Crippen molar-refractivity contribution in [2.24, 2.45) is 0 Å². The van der Waals surface area contributed by atoms with E-state index in [9.17, 15) is 9.59 Å². The number of rotatable bonds is 5. The molecule has 30 heavy (non-hydrogen) atoms. The van der Waals surface area contributed by atoms with E-state index in [0.717, 1.165) is 55.2 Å². The summed E-state index contributed by atoms with van der Waals surface area (Å²) in [5, 5.41) is 5.49. The lowest BCUT2D eigenvalue weighted by atomic mass is 10.1. The Morgan fingerprint density at radius 2 is 2.00 bits per heavy atom. The first-order valence-electron chi connectivity index (χ1n) is 10.2. The summed E-state index contributed by atoms with van der Waals surface area (Å²) in [5.41, 5.74) is 3.46. The van der Waals surface area contributed by atoms with Crippen LogP contribution in [0.1, 0.15) is 24.6 Å². The van der Waals surface area contributed by atoms with Crippen LogP contribution < -0.4 is 15.5 Å². The van der Waals surface area contributed by atoms with Gasteiger partial charge >= 0.3 is 6.03 Å². The Balaban J connectivity index is 1.64. The number of ether oxygens (including phenoxy) is 1. The minimum Gasteiger partial charge on any atom is -0.380 e. The van der Waals surface area contributed by atoms with Gasteiger partial charge in [0, 0.05) is 43.1 Å². The fourth-order valence-electron chi connectivity index (χ4n) is 3.72. The van der Waals surface area contributed by atoms with Crippen molar-refractivity contribution in [2.75, 3.05) is 43.1 Å². The lowest BCUT2D eigenvalue weighted by Crippen LogP contribution is -2.28. The molecule has 2 N–H and O–H groups in total. The topological polar surface area (TPSA) is 99.7 Å². The molecule has 0 radical (unpaired) electrons. The van der Waals surface area contributed by atoms with Crippen LogP contribution in [0.3, 0.4) is 0 Å². The quantitative estimate of drug-likeness (QED) is 0.732. The van der Waals surface area contributed by atoms with Crippen LogP contribution in [0.15, 0.2) is 24.3 Å². The van der Waals surface area contributed by atoms with E-state index in [1.54, 1.807) is 4.90 Å². The highest BCUT2D eigenvalue weighted by Gasteiger charge is 2.27. The van der Waals surface area contributed by atoms with Crippen molar-refractivity contribution in [3.8, 4) is 11.4 Å². The average molecular weight is 410 g/mol. The Labute approximate surface area is 175 Å². The maximum Gasteiger partial charge on any atom is 0.319 e. The number of aromatic nitrogens is 2. The summed E-state index contributed by atoms with van der Waals surface area (Å²) in [6.07, 6.45) is 1.80. The van der Waals surface area contributed by atoms with E-state index in [-0.39, 0.29) is 6.03 Å². The fraction of sp³-hybridized carbons (Fsp3) is 0.429. The molecular formula is C21H26N6O3. The Hall–Kier alpha value is -3.20. The molecular weight excluding hydrogens is 384 g/mol. The summed E-state index contributed by atoms with van der Waals surface area (Å²) >= 11 is 0. The zero-order chi connectivity index (χ0) is 20.9. The molecule has 0 aliphatic carbocycles. The van der Waals surface area contributed by atoms with Crippen LogP contribution in [0, 0.1) is 0 Å². The highest BCUT2D eigenvalue weighted by molar-refractivity contribution is 5.89. The van der Waals surface area contributed by atoms with Gasteiger partial charge in [-0.15, -0.1) is 0 Å². The minimum absolute atomic E-state index is 0.237. The number of amides is 3. The van der Waals surface area contributed by atoms with Gasteiger partial charge in [0.2, 0.25) is 6.41 Å². The summed E-state index contributed by atoms with van der Waals surface area (Å²) in [7, 11) is 0. The number of urea groups is 1. The van der Waals surface area contributed by atoms with Crippen LogP contribution in [-0.4, -0.2) is 60.2 Å². The van der Waals surface area contributed by atoms with Crippen molar-refractivity contribution in [1.82, 2.24) is 20.2 Å². The van der Waals surface area contributed by atoms with Gasteiger partial charge in [0.15, 0.2) is 5.82 Å². The van der Waals surface area contributed by atoms with Crippen molar-refractivity contribution in [3.05, 3.63) is 35.5 Å². The van der Waals surface area contributed by atoms with E-state index >= 15 is 0 Å². The normalized spacial score (nSPS) is 16.0. The van der Waals surface area contributed by atoms with Gasteiger partial charge in [-0.1, -0.05) is 0 Å². The molecule has 1 aromatic carbocycles. The zero-order valence-electron chi connectivity index (χ0n) is 17.1. The Morgan fingerprint density at radius 3 is 2.77 bits per heavy atom. The molecule has 1 saturated heterocycles. The van der Waals surface area contributed by atoms with Gasteiger partial charge in [-0.25, -0.2) is 14.8 Å². The highest BCUT2D eigenvalue weighted by atomic mass is 16.5. The van der Waals surface area contributed by atoms with E-state index in [4.69, 9.17) is 14.7 Å². The summed E-state index contributed by atoms with van der Waals surface area (Å²) in [6, 6.07) is 7.21. The predicted molar refractivity (Wildman–Crippen MR) is 113 cm³/mol. The lowest BCUT2D eigenvalue weighted by Gasteiger charge is -2.23. The number of carbonyl (C=O) groups excluding carboxylic acids is 2. The van der Waals surface area contributed by atoms with Crippen LogP contribution in [0.25, 0.3) is 11.4 Å². The highest BCUT2D eigenvalue weighted by Crippen LogP contribution is 2.32. The largest absolute Gasteiger partial charge is 0.380 e. The van der Waals surface area contributed by atoms with E-state index in [0.29, 0.717) is 37.8 Å². The SMILES string of the molecule is CCNC(=O)Nc1ccc(-c2nc3c(c(N4CCCOCC4)n2)CN(C=O)C3)cc1. The first-order valence-corrected chi connectivity index (χ1v) is 10.2. The third kappa shape index (κ3) is 4.35. The second-order valence-corrected chi connectivity index (χ2v) is 7.32. The van der Waals surface area contributed by atoms with Gasteiger partial charge in [0.05, 0.1) is 25.4 Å². The molecule has 0 saturated carbocycles. The van der Waals surface area contributed by atoms with Crippen LogP contribution in [0.2, 0.25) is 0 Å². The Morgan fingerprint density at radius 1 is 1.17 bits per heavy atom. The van der Waals surface area contributed by atoms with Gasteiger partial charge in [0.25, 0.3) is 0 Å². The van der Waals surface area contributed by atoms with Crippen LogP contribution >= 0.6 is 0 Å². The minimum atomic E-state index is -0.237. The summed E-state index contributed by atoms with van der Waals surface area (Å²) < 4.78 is 5.59. The summed E-state index contributed by atoms with van der Waals surface area (Å²) in [6.45, 7) is 6.48. The molecule has 0 spiro atoms. The van der Waals surface area contributed by atoms with Crippen LogP contribution in [-0.2, 0) is 22.6 Å². The molecule has 0 atom stereocenters. The van der Waals surface area contributed by atoms with Crippen molar-refractivity contribution in [2.45, 2.75) is 26.4 Å². The number of fused-ring (bicyclic) bond motifs is 1. The molecule has 3 amide bonds. The molecule has 3 heterocycles. The number of carbonyl (C=O) groups is 2. The molecule has 1 aromatic heterocycles. The molecule has 9 nitrogen and oxygen atoms in total. The van der Waals surface area contributed by atoms with Gasteiger partial charge in [0.1, 0.15) is 5.82 Å². The second kappa shape index (κ2) is 9.08. The molecule has 9 heteroatoms. The van der Waals surface area contributed by atoms with Gasteiger partial charge < -0.3 is 25.2 Å². The second-order valence-electron chi connectivity index (χ2n) is 7.32. The summed E-state index contributed by atoms with van der Waals surface area (Å²) in [4.78, 5) is 36.6. The van der Waals surface area contributed by atoms with Gasteiger partial charge in [-0.05, 0) is 37.6 Å². The molecule has 2 aliphatic rings. The van der Waals surface area contributed by atoms with E-state index in [1.807, 2.05) is 31.2 Å². The maximum absolute atomic E-state index is 11.7. The number of anilines is 2. The number of benzene rings is 1. The molecule has 2 aliphatic heterocycles. The van der Waals surface area contributed by atoms with Crippen LogP contribution in [0.5, 0.6) is 0 Å². The molecule has 1 fully saturated rings. The van der Waals surface area contributed by atoms with Crippen molar-refractivity contribution in [1.29, 1.82) is 0 Å². The number of hydrogen-bond donors (Lipinski definition) is 2. The predicted octanol–water partition coefficient (Wildman–Crippen LogP) is 1.98. The van der Waals surface area contributed by atoms with E-state index < -0.39 is 0 Å². The number of nitrogens with one attached hydrogen (secondary N) is 2. The Bertz CT molecular complexity index is 910. The first kappa shape index (κ1) is 20.1. The van der Waals surface area contributed by atoms with Gasteiger partial charge in [-0.2, -0.15) is 0 Å². The van der Waals surface area contributed by atoms with Gasteiger partial charge in [-0.3, -0.25) is 4.79 Å². The van der Waals surface area contributed by atoms with Crippen molar-refractivity contribution < 1.29 is 14.3 Å². The van der Waals surface area contributed by atoms with Crippen molar-refractivity contribution >= 4 is 23.9 Å². The van der Waals surface area contributed by atoms with Crippen LogP contribution in [0.4, 0.5) is 16.3 Å². The maximum atomic E-state index is 11.7. The summed E-state index contributed by atoms with van der Waals surface area (Å²) in [5.74, 6) is 1.50. The standard InChI is InChI=1S/C21H26N6O3/c1-2-22-21(29)23-16-6-4-15(5-7-16)19-24-18-13-26(14-28)12-17(18)20(25-19)27-8-3-10-30-11-9-27/h4-7,14H,2-3,8-13H2,1H3,(H2,22,23,29). The third-order valence-electron chi connectivity index (χ3n) is 5.19. The monoisotopic (exact) mass is 410 g/mol. The third-order valence-corrected chi connectivity index (χ3v) is 5.19. The molecule has 2 aromatic rings. The smallest absolute Gasteiger partial charge is 0.319 e. The average Bonchev–Trinajstić information content (AvgIpc) is 2.99. The number of hydrogen-bond acceptors (Lipinski definition) is 6. The lowest BCUT2D eigenvalue weighted by molar-refractivity contribution is -0.118. The number of nitrogens with zero attached hydrogens (tertiary/aromatic N) is 4. The molecule has 0 bridgehead atoms.